The zero-order chi connectivity index (χ0) is 19.3. The Hall–Kier alpha value is -2.86. The van der Waals surface area contributed by atoms with Gasteiger partial charge in [0, 0.05) is 30.3 Å². The minimum Gasteiger partial charge on any atom is -0.493 e. The second-order valence-electron chi connectivity index (χ2n) is 7.27. The van der Waals surface area contributed by atoms with Crippen LogP contribution in [0, 0.1) is 5.92 Å². The van der Waals surface area contributed by atoms with Crippen LogP contribution in [0.3, 0.4) is 0 Å². The van der Waals surface area contributed by atoms with Crippen LogP contribution < -0.4 is 15.4 Å². The Morgan fingerprint density at radius 1 is 1.11 bits per heavy atom. The number of carbonyl (C=O) groups excluding carboxylic acids is 2. The van der Waals surface area contributed by atoms with Gasteiger partial charge in [-0.15, -0.1) is 0 Å². The van der Waals surface area contributed by atoms with Gasteiger partial charge in [-0.3, -0.25) is 9.59 Å². The average Bonchev–Trinajstić information content (AvgIpc) is 3.27. The van der Waals surface area contributed by atoms with Crippen molar-refractivity contribution in [2.75, 3.05) is 25.1 Å². The van der Waals surface area contributed by atoms with E-state index in [-0.39, 0.29) is 17.7 Å². The van der Waals surface area contributed by atoms with Gasteiger partial charge in [-0.2, -0.15) is 0 Å². The van der Waals surface area contributed by atoms with E-state index in [9.17, 15) is 9.59 Å². The summed E-state index contributed by atoms with van der Waals surface area (Å²) in [7, 11) is 0. The third-order valence-electron chi connectivity index (χ3n) is 5.12. The average molecular weight is 380 g/mol. The number of hydrogen-bond acceptors (Lipinski definition) is 4. The molecule has 2 atom stereocenters. The highest BCUT2D eigenvalue weighted by Gasteiger charge is 2.24. The number of fused-ring (bicyclic) bond motifs is 1. The third kappa shape index (κ3) is 4.34. The molecule has 2 N–H and O–H groups in total. The highest BCUT2D eigenvalue weighted by atomic mass is 16.5. The molecule has 28 heavy (non-hydrogen) atoms. The Kier molecular flexibility index (Phi) is 5.58. The van der Waals surface area contributed by atoms with Gasteiger partial charge in [0.05, 0.1) is 6.61 Å². The molecule has 146 valence electrons. The van der Waals surface area contributed by atoms with Crippen molar-refractivity contribution in [3.63, 3.8) is 0 Å². The van der Waals surface area contributed by atoms with E-state index >= 15 is 0 Å². The fourth-order valence-corrected chi connectivity index (χ4v) is 3.61. The van der Waals surface area contributed by atoms with Crippen LogP contribution >= 0.6 is 0 Å². The Morgan fingerprint density at radius 3 is 2.86 bits per heavy atom. The molecular weight excluding hydrogens is 356 g/mol. The molecule has 0 aliphatic carbocycles. The van der Waals surface area contributed by atoms with Gasteiger partial charge in [-0.1, -0.05) is 24.3 Å². The second kappa shape index (κ2) is 8.44. The predicted molar refractivity (Wildman–Crippen MR) is 106 cm³/mol. The van der Waals surface area contributed by atoms with Crippen LogP contribution in [-0.4, -0.2) is 37.7 Å². The lowest BCUT2D eigenvalue weighted by molar-refractivity contribution is -0.124. The van der Waals surface area contributed by atoms with Crippen LogP contribution in [0.2, 0.25) is 0 Å². The molecule has 0 radical (unpaired) electrons. The quantitative estimate of drug-likeness (QED) is 0.836. The van der Waals surface area contributed by atoms with Gasteiger partial charge in [-0.25, -0.2) is 0 Å². The number of carbonyl (C=O) groups is 2. The van der Waals surface area contributed by atoms with Crippen molar-refractivity contribution in [1.29, 1.82) is 0 Å². The van der Waals surface area contributed by atoms with Crippen LogP contribution in [-0.2, 0) is 16.0 Å². The van der Waals surface area contributed by atoms with Crippen molar-refractivity contribution in [2.45, 2.75) is 25.4 Å². The van der Waals surface area contributed by atoms with Crippen molar-refractivity contribution in [1.82, 2.24) is 5.32 Å². The largest absolute Gasteiger partial charge is 0.493 e. The van der Waals surface area contributed by atoms with Crippen molar-refractivity contribution in [3.8, 4) is 5.75 Å². The van der Waals surface area contributed by atoms with E-state index in [1.54, 1.807) is 24.3 Å². The molecule has 2 amide bonds. The van der Waals surface area contributed by atoms with Crippen molar-refractivity contribution in [3.05, 3.63) is 59.7 Å². The van der Waals surface area contributed by atoms with Gasteiger partial charge in [0.1, 0.15) is 11.9 Å². The topological polar surface area (TPSA) is 76.7 Å². The number of nitrogens with one attached hydrogen (secondary N) is 2. The predicted octanol–water partition coefficient (Wildman–Crippen LogP) is 2.79. The van der Waals surface area contributed by atoms with Crippen LogP contribution in [0.5, 0.6) is 5.75 Å². The first kappa shape index (κ1) is 18.5. The maximum atomic E-state index is 12.5. The van der Waals surface area contributed by atoms with Crippen LogP contribution in [0.4, 0.5) is 5.69 Å². The molecule has 0 bridgehead atoms. The molecular formula is C22H24N2O4. The smallest absolute Gasteiger partial charge is 0.253 e. The first-order valence-electron chi connectivity index (χ1n) is 9.70. The van der Waals surface area contributed by atoms with Gasteiger partial charge in [-0.05, 0) is 49.1 Å². The number of anilines is 1. The van der Waals surface area contributed by atoms with E-state index in [4.69, 9.17) is 9.47 Å². The molecule has 2 unspecified atom stereocenters. The van der Waals surface area contributed by atoms with Crippen LogP contribution in [0.25, 0.3) is 0 Å². The van der Waals surface area contributed by atoms with Gasteiger partial charge in [0.2, 0.25) is 0 Å². The highest BCUT2D eigenvalue weighted by Crippen LogP contribution is 2.26. The summed E-state index contributed by atoms with van der Waals surface area (Å²) in [5, 5.41) is 5.81. The number of rotatable bonds is 5. The lowest BCUT2D eigenvalue weighted by atomic mass is 9.96. The van der Waals surface area contributed by atoms with Gasteiger partial charge in [0.15, 0.2) is 0 Å². The second-order valence-corrected chi connectivity index (χ2v) is 7.27. The van der Waals surface area contributed by atoms with Gasteiger partial charge < -0.3 is 20.1 Å². The molecule has 0 aromatic heterocycles. The molecule has 2 heterocycles. The molecule has 4 rings (SSSR count). The van der Waals surface area contributed by atoms with E-state index in [0.29, 0.717) is 31.0 Å². The molecule has 6 heteroatoms. The molecule has 0 saturated carbocycles. The lowest BCUT2D eigenvalue weighted by Crippen LogP contribution is -2.34. The summed E-state index contributed by atoms with van der Waals surface area (Å²) < 4.78 is 11.2. The SMILES string of the molecule is O=C(NCC1COc2ccccc2C1)c1cccc(NC(=O)C2CCCO2)c1. The summed E-state index contributed by atoms with van der Waals surface area (Å²) in [5.74, 6) is 0.848. The maximum absolute atomic E-state index is 12.5. The van der Waals surface area contributed by atoms with Crippen LogP contribution in [0.1, 0.15) is 28.8 Å². The summed E-state index contributed by atoms with van der Waals surface area (Å²) in [6.07, 6.45) is 2.12. The monoisotopic (exact) mass is 380 g/mol. The maximum Gasteiger partial charge on any atom is 0.253 e. The van der Waals surface area contributed by atoms with Crippen molar-refractivity contribution >= 4 is 17.5 Å². The number of amides is 2. The first-order chi connectivity index (χ1) is 13.7. The molecule has 2 aromatic carbocycles. The minimum atomic E-state index is -0.397. The molecule has 6 nitrogen and oxygen atoms in total. The molecule has 2 aliphatic rings. The van der Waals surface area contributed by atoms with E-state index < -0.39 is 6.10 Å². The van der Waals surface area contributed by atoms with E-state index in [1.165, 1.54) is 5.56 Å². The Balaban J connectivity index is 1.32. The summed E-state index contributed by atoms with van der Waals surface area (Å²) in [6.45, 7) is 1.75. The minimum absolute atomic E-state index is 0.159. The van der Waals surface area contributed by atoms with Gasteiger partial charge >= 0.3 is 0 Å². The molecule has 1 fully saturated rings. The highest BCUT2D eigenvalue weighted by molar-refractivity contribution is 5.98. The Bertz CT molecular complexity index is 861. The zero-order valence-electron chi connectivity index (χ0n) is 15.6. The summed E-state index contributed by atoms with van der Waals surface area (Å²) in [6, 6.07) is 15.0. The molecule has 2 aliphatic heterocycles. The molecule has 1 saturated heterocycles. The van der Waals surface area contributed by atoms with Gasteiger partial charge in [0.25, 0.3) is 11.8 Å². The standard InChI is InChI=1S/C22H24N2O4/c25-21(23-13-15-11-16-5-1-2-8-19(16)28-14-15)17-6-3-7-18(12-17)24-22(26)20-9-4-10-27-20/h1-3,5-8,12,15,20H,4,9-11,13-14H2,(H,23,25)(H,24,26). The van der Waals surface area contributed by atoms with E-state index in [1.807, 2.05) is 18.2 Å². The van der Waals surface area contributed by atoms with E-state index in [2.05, 4.69) is 16.7 Å². The van der Waals surface area contributed by atoms with Crippen LogP contribution in [0.15, 0.2) is 48.5 Å². The number of ether oxygens (including phenoxy) is 2. The lowest BCUT2D eigenvalue weighted by Gasteiger charge is -2.25. The Labute approximate surface area is 164 Å². The molecule has 0 spiro atoms. The number of para-hydroxylation sites is 1. The normalized spacial score (nSPS) is 20.7. The molecule has 2 aromatic rings. The van der Waals surface area contributed by atoms with E-state index in [0.717, 1.165) is 25.0 Å². The number of benzene rings is 2. The first-order valence-corrected chi connectivity index (χ1v) is 9.70. The summed E-state index contributed by atoms with van der Waals surface area (Å²) in [5.41, 5.74) is 2.29. The Morgan fingerprint density at radius 2 is 2.00 bits per heavy atom. The third-order valence-corrected chi connectivity index (χ3v) is 5.12. The fraction of sp³-hybridized carbons (Fsp3) is 0.364. The fourth-order valence-electron chi connectivity index (χ4n) is 3.61. The number of hydrogen-bond donors (Lipinski definition) is 2. The zero-order valence-corrected chi connectivity index (χ0v) is 15.6. The summed E-state index contributed by atoms with van der Waals surface area (Å²) >= 11 is 0. The van der Waals surface area contributed by atoms with Crippen molar-refractivity contribution < 1.29 is 19.1 Å². The van der Waals surface area contributed by atoms with Crippen molar-refractivity contribution in [2.24, 2.45) is 5.92 Å². The summed E-state index contributed by atoms with van der Waals surface area (Å²) in [4.78, 5) is 24.7.